The summed E-state index contributed by atoms with van der Waals surface area (Å²) in [5.74, 6) is 0.0488. The lowest BCUT2D eigenvalue weighted by molar-refractivity contribution is -0.117. The third-order valence-corrected chi connectivity index (χ3v) is 6.22. The average molecular weight is 345 g/mol. The second kappa shape index (κ2) is 6.25. The summed E-state index contributed by atoms with van der Waals surface area (Å²) in [5, 5.41) is 3.39. The Morgan fingerprint density at radius 3 is 2.68 bits per heavy atom. The Balaban J connectivity index is 2.07. The van der Waals surface area contributed by atoms with Crippen LogP contribution in [-0.4, -0.2) is 35.9 Å². The van der Waals surface area contributed by atoms with E-state index in [1.54, 1.807) is 6.92 Å². The minimum absolute atomic E-state index is 0.0587. The lowest BCUT2D eigenvalue weighted by Crippen LogP contribution is -2.36. The van der Waals surface area contributed by atoms with Crippen LogP contribution in [-0.2, 0) is 27.8 Å². The summed E-state index contributed by atoms with van der Waals surface area (Å²) in [6.07, 6.45) is 1.02. The third kappa shape index (κ3) is 4.27. The van der Waals surface area contributed by atoms with Gasteiger partial charge >= 0.3 is 0 Å². The standard InChI is InChI=1S/C14H23N3O3S2/c1-5-22(19,20)17-7-6-10-11(9-17)21-13(15-10)16-12(18)8-14(2,3)4/h5-9H2,1-4H3,(H,15,16,18). The van der Waals surface area contributed by atoms with Gasteiger partial charge in [0.15, 0.2) is 5.13 Å². The maximum absolute atomic E-state index is 12.0. The van der Waals surface area contributed by atoms with Crippen LogP contribution in [0.3, 0.4) is 0 Å². The smallest absolute Gasteiger partial charge is 0.226 e. The van der Waals surface area contributed by atoms with E-state index in [9.17, 15) is 13.2 Å². The van der Waals surface area contributed by atoms with Crippen molar-refractivity contribution < 1.29 is 13.2 Å². The Kier molecular flexibility index (Phi) is 4.93. The summed E-state index contributed by atoms with van der Waals surface area (Å²) in [6.45, 7) is 8.49. The Hall–Kier alpha value is -0.990. The molecule has 0 aromatic carbocycles. The largest absolute Gasteiger partial charge is 0.302 e. The number of hydrogen-bond donors (Lipinski definition) is 1. The van der Waals surface area contributed by atoms with E-state index < -0.39 is 10.0 Å². The van der Waals surface area contributed by atoms with E-state index in [1.165, 1.54) is 15.6 Å². The van der Waals surface area contributed by atoms with Gasteiger partial charge in [-0.3, -0.25) is 4.79 Å². The molecule has 0 saturated heterocycles. The summed E-state index contributed by atoms with van der Waals surface area (Å²) in [4.78, 5) is 17.3. The number of carbonyl (C=O) groups excluding carboxylic acids is 1. The molecule has 8 heteroatoms. The minimum Gasteiger partial charge on any atom is -0.302 e. The summed E-state index contributed by atoms with van der Waals surface area (Å²) < 4.78 is 25.4. The van der Waals surface area contributed by atoms with Crippen LogP contribution in [0.1, 0.15) is 44.7 Å². The molecule has 1 aliphatic rings. The van der Waals surface area contributed by atoms with Gasteiger partial charge < -0.3 is 5.32 Å². The van der Waals surface area contributed by atoms with Crippen molar-refractivity contribution in [3.8, 4) is 0 Å². The molecule has 0 radical (unpaired) electrons. The van der Waals surface area contributed by atoms with E-state index in [4.69, 9.17) is 0 Å². The van der Waals surface area contributed by atoms with Gasteiger partial charge in [0.05, 0.1) is 11.4 Å². The van der Waals surface area contributed by atoms with E-state index in [-0.39, 0.29) is 17.1 Å². The van der Waals surface area contributed by atoms with E-state index >= 15 is 0 Å². The number of nitrogens with zero attached hydrogens (tertiary/aromatic N) is 2. The molecule has 0 aliphatic carbocycles. The molecule has 1 aliphatic heterocycles. The number of sulfonamides is 1. The number of thiazole rings is 1. The van der Waals surface area contributed by atoms with Crippen LogP contribution >= 0.6 is 11.3 Å². The van der Waals surface area contributed by atoms with Gasteiger partial charge in [-0.25, -0.2) is 13.4 Å². The molecule has 0 unspecified atom stereocenters. The number of nitrogens with one attached hydrogen (secondary N) is 1. The number of rotatable bonds is 4. The van der Waals surface area contributed by atoms with Crippen LogP contribution in [0.15, 0.2) is 0 Å². The molecule has 1 aromatic heterocycles. The van der Waals surface area contributed by atoms with Crippen LogP contribution in [0.5, 0.6) is 0 Å². The van der Waals surface area contributed by atoms with Crippen LogP contribution in [0.25, 0.3) is 0 Å². The van der Waals surface area contributed by atoms with E-state index in [0.717, 1.165) is 10.6 Å². The van der Waals surface area contributed by atoms with Gasteiger partial charge in [0.25, 0.3) is 0 Å². The van der Waals surface area contributed by atoms with Gasteiger partial charge in [0.1, 0.15) is 0 Å². The van der Waals surface area contributed by atoms with Crippen LogP contribution in [0.2, 0.25) is 0 Å². The lowest BCUT2D eigenvalue weighted by atomic mass is 9.92. The first-order valence-electron chi connectivity index (χ1n) is 7.37. The molecule has 0 fully saturated rings. The van der Waals surface area contributed by atoms with Gasteiger partial charge in [-0.15, -0.1) is 11.3 Å². The maximum atomic E-state index is 12.0. The number of fused-ring (bicyclic) bond motifs is 1. The molecule has 1 N–H and O–H groups in total. The summed E-state index contributed by atoms with van der Waals surface area (Å²) >= 11 is 1.37. The molecule has 2 rings (SSSR count). The van der Waals surface area contributed by atoms with Gasteiger partial charge in [0, 0.05) is 30.8 Å². The van der Waals surface area contributed by atoms with Gasteiger partial charge in [-0.05, 0) is 12.3 Å². The second-order valence-corrected chi connectivity index (χ2v) is 10.00. The highest BCUT2D eigenvalue weighted by molar-refractivity contribution is 7.89. The zero-order valence-corrected chi connectivity index (χ0v) is 15.1. The number of aromatic nitrogens is 1. The van der Waals surface area contributed by atoms with Crippen molar-refractivity contribution in [2.45, 2.75) is 47.1 Å². The van der Waals surface area contributed by atoms with Crippen molar-refractivity contribution in [2.24, 2.45) is 5.41 Å². The Morgan fingerprint density at radius 1 is 1.41 bits per heavy atom. The molecule has 124 valence electrons. The molecular formula is C14H23N3O3S2. The number of hydrogen-bond acceptors (Lipinski definition) is 5. The van der Waals surface area contributed by atoms with Gasteiger partial charge in [0.2, 0.25) is 15.9 Å². The van der Waals surface area contributed by atoms with Crippen LogP contribution in [0, 0.1) is 5.41 Å². The molecular weight excluding hydrogens is 322 g/mol. The molecule has 0 spiro atoms. The lowest BCUT2D eigenvalue weighted by Gasteiger charge is -2.24. The van der Waals surface area contributed by atoms with Crippen molar-refractivity contribution >= 4 is 32.4 Å². The zero-order chi connectivity index (χ0) is 16.5. The first kappa shape index (κ1) is 17.4. The summed E-state index contributed by atoms with van der Waals surface area (Å²) in [7, 11) is -3.18. The highest BCUT2D eigenvalue weighted by Gasteiger charge is 2.28. The van der Waals surface area contributed by atoms with Crippen molar-refractivity contribution in [1.29, 1.82) is 0 Å². The molecule has 0 atom stereocenters. The average Bonchev–Trinajstić information content (AvgIpc) is 2.77. The Morgan fingerprint density at radius 2 is 2.09 bits per heavy atom. The number of anilines is 1. The van der Waals surface area contributed by atoms with Crippen LogP contribution in [0.4, 0.5) is 5.13 Å². The van der Waals surface area contributed by atoms with Crippen molar-refractivity contribution in [2.75, 3.05) is 17.6 Å². The Labute approximate surface area is 136 Å². The van der Waals surface area contributed by atoms with Crippen LogP contribution < -0.4 is 5.32 Å². The van der Waals surface area contributed by atoms with E-state index in [1.807, 2.05) is 20.8 Å². The number of carbonyl (C=O) groups is 1. The highest BCUT2D eigenvalue weighted by atomic mass is 32.2. The van der Waals surface area contributed by atoms with Gasteiger partial charge in [-0.2, -0.15) is 4.31 Å². The van der Waals surface area contributed by atoms with Crippen molar-refractivity contribution in [3.63, 3.8) is 0 Å². The quantitative estimate of drug-likeness (QED) is 0.907. The van der Waals surface area contributed by atoms with Crippen molar-refractivity contribution in [3.05, 3.63) is 10.6 Å². The molecule has 2 heterocycles. The zero-order valence-electron chi connectivity index (χ0n) is 13.5. The first-order valence-corrected chi connectivity index (χ1v) is 9.79. The molecule has 0 saturated carbocycles. The number of amides is 1. The fourth-order valence-corrected chi connectivity index (χ4v) is 4.47. The fraction of sp³-hybridized carbons (Fsp3) is 0.714. The first-order chi connectivity index (χ1) is 10.1. The summed E-state index contributed by atoms with van der Waals surface area (Å²) in [5.41, 5.74) is 0.825. The maximum Gasteiger partial charge on any atom is 0.226 e. The third-order valence-electron chi connectivity index (χ3n) is 3.39. The fourth-order valence-electron chi connectivity index (χ4n) is 2.29. The molecule has 22 heavy (non-hydrogen) atoms. The topological polar surface area (TPSA) is 79.4 Å². The second-order valence-electron chi connectivity index (χ2n) is 6.66. The predicted octanol–water partition coefficient (Wildman–Crippen LogP) is 2.23. The normalized spacial score (nSPS) is 16.4. The molecule has 6 nitrogen and oxygen atoms in total. The van der Waals surface area contributed by atoms with Gasteiger partial charge in [-0.1, -0.05) is 20.8 Å². The summed E-state index contributed by atoms with van der Waals surface area (Å²) in [6, 6.07) is 0. The van der Waals surface area contributed by atoms with E-state index in [0.29, 0.717) is 31.1 Å². The molecule has 1 amide bonds. The highest BCUT2D eigenvalue weighted by Crippen LogP contribution is 2.30. The molecule has 0 bridgehead atoms. The van der Waals surface area contributed by atoms with Crippen molar-refractivity contribution in [1.82, 2.24) is 9.29 Å². The van der Waals surface area contributed by atoms with E-state index in [2.05, 4.69) is 10.3 Å². The monoisotopic (exact) mass is 345 g/mol. The SMILES string of the molecule is CCS(=O)(=O)N1CCc2nc(NC(=O)CC(C)(C)C)sc2C1. The minimum atomic E-state index is -3.18. The predicted molar refractivity (Wildman–Crippen MR) is 88.4 cm³/mol. The molecule has 1 aromatic rings. The Bertz CT molecular complexity index is 659.